The Morgan fingerprint density at radius 1 is 0.976 bits per heavy atom. The van der Waals surface area contributed by atoms with Crippen molar-refractivity contribution in [2.24, 2.45) is 62.6 Å². The van der Waals surface area contributed by atoms with Crippen LogP contribution in [0.1, 0.15) is 125 Å². The molecule has 228 valence electrons. The predicted molar refractivity (Wildman–Crippen MR) is 163 cm³/mol. The Kier molecular flexibility index (Phi) is 7.42. The van der Waals surface area contributed by atoms with Crippen molar-refractivity contribution < 1.29 is 14.3 Å². The number of rotatable bonds is 5. The van der Waals surface area contributed by atoms with Crippen molar-refractivity contribution >= 4 is 5.78 Å². The minimum atomic E-state index is -0.452. The van der Waals surface area contributed by atoms with E-state index in [0.29, 0.717) is 29.6 Å². The highest BCUT2D eigenvalue weighted by atomic mass is 16.7. The van der Waals surface area contributed by atoms with Crippen LogP contribution in [0.15, 0.2) is 12.2 Å². The van der Waals surface area contributed by atoms with E-state index in [0.717, 1.165) is 45.3 Å². The van der Waals surface area contributed by atoms with Gasteiger partial charge in [0.05, 0.1) is 12.7 Å². The maximum absolute atomic E-state index is 13.4. The zero-order valence-electron chi connectivity index (χ0n) is 27.0. The molecule has 0 aromatic rings. The van der Waals surface area contributed by atoms with Gasteiger partial charge < -0.3 is 9.47 Å². The number of ketones is 1. The second-order valence-corrected chi connectivity index (χ2v) is 17.1. The quantitative estimate of drug-likeness (QED) is 0.313. The van der Waals surface area contributed by atoms with Gasteiger partial charge in [-0.2, -0.15) is 5.26 Å². The molecule has 0 aromatic carbocycles. The second-order valence-electron chi connectivity index (χ2n) is 17.1. The van der Waals surface area contributed by atoms with Gasteiger partial charge in [-0.1, -0.05) is 40.2 Å². The first-order valence-electron chi connectivity index (χ1n) is 17.1. The summed E-state index contributed by atoms with van der Waals surface area (Å²) in [5.74, 6) is 2.77. The minimum Gasteiger partial charge on any atom is -0.353 e. The molecular formula is C37H57NO3. The molecule has 4 nitrogen and oxygen atoms in total. The van der Waals surface area contributed by atoms with Gasteiger partial charge in [-0.3, -0.25) is 4.79 Å². The van der Waals surface area contributed by atoms with Crippen LogP contribution >= 0.6 is 0 Å². The number of carbonyl (C=O) groups is 1. The van der Waals surface area contributed by atoms with Crippen molar-refractivity contribution in [1.82, 2.24) is 0 Å². The highest BCUT2D eigenvalue weighted by Crippen LogP contribution is 2.77. The zero-order chi connectivity index (χ0) is 29.4. The molecule has 1 saturated heterocycles. The maximum atomic E-state index is 13.4. The van der Waals surface area contributed by atoms with E-state index in [1.807, 2.05) is 0 Å². The summed E-state index contributed by atoms with van der Waals surface area (Å²) < 4.78 is 12.7. The summed E-state index contributed by atoms with van der Waals surface area (Å²) in [6.07, 6.45) is 15.3. The number of fused-ring (bicyclic) bond motifs is 7. The van der Waals surface area contributed by atoms with E-state index in [1.54, 1.807) is 0 Å². The van der Waals surface area contributed by atoms with Crippen LogP contribution in [-0.2, 0) is 14.3 Å². The molecule has 6 rings (SSSR count). The molecule has 41 heavy (non-hydrogen) atoms. The highest BCUT2D eigenvalue weighted by Gasteiger charge is 2.71. The highest BCUT2D eigenvalue weighted by molar-refractivity contribution is 5.89. The van der Waals surface area contributed by atoms with Gasteiger partial charge in [0, 0.05) is 12.0 Å². The number of hydrogen-bond acceptors (Lipinski definition) is 4. The van der Waals surface area contributed by atoms with E-state index in [1.165, 1.54) is 56.9 Å². The second kappa shape index (κ2) is 10.2. The first kappa shape index (κ1) is 29.9. The molecule has 2 unspecified atom stereocenters. The summed E-state index contributed by atoms with van der Waals surface area (Å²) >= 11 is 0. The van der Waals surface area contributed by atoms with Crippen molar-refractivity contribution in [2.75, 3.05) is 13.2 Å². The van der Waals surface area contributed by atoms with Crippen LogP contribution in [0.3, 0.4) is 0 Å². The third kappa shape index (κ3) is 4.29. The summed E-state index contributed by atoms with van der Waals surface area (Å²) in [5, 5.41) is 10.1. The maximum Gasteiger partial charge on any atom is 0.157 e. The summed E-state index contributed by atoms with van der Waals surface area (Å²) in [6.45, 7) is 20.5. The Morgan fingerprint density at radius 3 is 2.44 bits per heavy atom. The fourth-order valence-electron chi connectivity index (χ4n) is 13.0. The smallest absolute Gasteiger partial charge is 0.157 e. The molecule has 11 atom stereocenters. The minimum absolute atomic E-state index is 0.0128. The van der Waals surface area contributed by atoms with Gasteiger partial charge in [0.2, 0.25) is 0 Å². The van der Waals surface area contributed by atoms with E-state index in [4.69, 9.17) is 9.47 Å². The number of nitriles is 1. The summed E-state index contributed by atoms with van der Waals surface area (Å²) in [4.78, 5) is 13.4. The van der Waals surface area contributed by atoms with Crippen LogP contribution in [0.25, 0.3) is 0 Å². The van der Waals surface area contributed by atoms with Crippen LogP contribution in [0, 0.1) is 73.9 Å². The van der Waals surface area contributed by atoms with Gasteiger partial charge in [0.25, 0.3) is 0 Å². The fourth-order valence-corrected chi connectivity index (χ4v) is 13.0. The topological polar surface area (TPSA) is 59.3 Å². The van der Waals surface area contributed by atoms with E-state index >= 15 is 0 Å². The molecule has 0 bridgehead atoms. The van der Waals surface area contributed by atoms with E-state index < -0.39 is 11.3 Å². The molecule has 0 spiro atoms. The number of ether oxygens (including phenoxy) is 2. The number of hydrogen-bond donors (Lipinski definition) is 0. The molecule has 5 aliphatic carbocycles. The number of carbonyl (C=O) groups excluding carboxylic acids is 1. The van der Waals surface area contributed by atoms with Gasteiger partial charge in [0.1, 0.15) is 5.92 Å². The first-order chi connectivity index (χ1) is 19.3. The standard InChI is InChI=1S/C37H57NO3/c1-24(2)20-25-13-16-37(23-41-30-10-8-9-19-40-30)18-17-35(6)27(31(25)37)11-12-29-34(5)21-26(22-38)32(39)33(3,4)28(34)14-15-36(29,35)7/h25-31H,1,8-21,23H2,2-7H3/t25-,26?,27+,28-,29+,30?,31+,34-,35+,36+,37+/m0/s1. The van der Waals surface area contributed by atoms with E-state index in [2.05, 4.69) is 54.2 Å². The van der Waals surface area contributed by atoms with Crippen molar-refractivity contribution in [1.29, 1.82) is 5.26 Å². The normalized spacial score (nSPS) is 50.6. The average molecular weight is 564 g/mol. The van der Waals surface area contributed by atoms with Gasteiger partial charge in [0.15, 0.2) is 12.1 Å². The molecule has 6 aliphatic rings. The van der Waals surface area contributed by atoms with E-state index in [9.17, 15) is 10.1 Å². The molecule has 6 fully saturated rings. The zero-order valence-corrected chi connectivity index (χ0v) is 27.0. The fraction of sp³-hybridized carbons (Fsp3) is 0.892. The van der Waals surface area contributed by atoms with E-state index in [-0.39, 0.29) is 33.7 Å². The monoisotopic (exact) mass is 563 g/mol. The molecule has 1 aliphatic heterocycles. The number of Topliss-reactive ketones (excluding diaryl/α,β-unsaturated/α-hetero) is 1. The van der Waals surface area contributed by atoms with Gasteiger partial charge in [-0.05, 0) is 142 Å². The number of allylic oxidation sites excluding steroid dienone is 1. The third-order valence-electron chi connectivity index (χ3n) is 14.9. The number of nitrogens with zero attached hydrogens (tertiary/aromatic N) is 1. The molecule has 0 radical (unpaired) electrons. The Hall–Kier alpha value is -1.18. The lowest BCUT2D eigenvalue weighted by Crippen LogP contribution is -2.67. The van der Waals surface area contributed by atoms with Gasteiger partial charge in [-0.15, -0.1) is 6.58 Å². The molecule has 0 N–H and O–H groups in total. The Labute approximate surface area is 250 Å². The van der Waals surface area contributed by atoms with Crippen LogP contribution in [0.2, 0.25) is 0 Å². The Balaban J connectivity index is 1.33. The summed E-state index contributed by atoms with van der Waals surface area (Å²) in [7, 11) is 0. The Morgan fingerprint density at radius 2 is 1.76 bits per heavy atom. The van der Waals surface area contributed by atoms with Crippen molar-refractivity contribution in [3.8, 4) is 6.07 Å². The van der Waals surface area contributed by atoms with Gasteiger partial charge in [-0.25, -0.2) is 0 Å². The summed E-state index contributed by atoms with van der Waals surface area (Å²) in [6, 6.07) is 2.46. The average Bonchev–Trinajstić information content (AvgIpc) is 3.28. The van der Waals surface area contributed by atoms with Crippen molar-refractivity contribution in [3.63, 3.8) is 0 Å². The van der Waals surface area contributed by atoms with Crippen LogP contribution in [-0.4, -0.2) is 25.3 Å². The van der Waals surface area contributed by atoms with Crippen molar-refractivity contribution in [2.45, 2.75) is 131 Å². The van der Waals surface area contributed by atoms with Crippen LogP contribution in [0.5, 0.6) is 0 Å². The lowest BCUT2D eigenvalue weighted by molar-refractivity contribution is -0.248. The lowest BCUT2D eigenvalue weighted by atomic mass is 9.32. The molecular weight excluding hydrogens is 506 g/mol. The SMILES string of the molecule is C=C(C)C[C@@H]1CC[C@]2(COC3CCCCO3)CC[C@]3(C)[C@H](CC[C@@H]4[C@@]5(C)CC(C#N)C(=O)C(C)(C)[C@@H]5CC[C@]43C)[C@@H]12. The van der Waals surface area contributed by atoms with Crippen LogP contribution in [0.4, 0.5) is 0 Å². The Bertz CT molecular complexity index is 1100. The predicted octanol–water partition coefficient (Wildman–Crippen LogP) is 8.90. The lowest BCUT2D eigenvalue weighted by Gasteiger charge is -2.72. The molecule has 4 heteroatoms. The molecule has 5 saturated carbocycles. The molecule has 1 heterocycles. The largest absolute Gasteiger partial charge is 0.353 e. The molecule has 0 amide bonds. The third-order valence-corrected chi connectivity index (χ3v) is 14.9. The first-order valence-corrected chi connectivity index (χ1v) is 17.1. The van der Waals surface area contributed by atoms with Crippen molar-refractivity contribution in [3.05, 3.63) is 12.2 Å². The van der Waals surface area contributed by atoms with Crippen LogP contribution < -0.4 is 0 Å². The summed E-state index contributed by atoms with van der Waals surface area (Å²) in [5.41, 5.74) is 1.73. The molecule has 0 aromatic heterocycles. The van der Waals surface area contributed by atoms with Gasteiger partial charge >= 0.3 is 0 Å².